The van der Waals surface area contributed by atoms with E-state index in [4.69, 9.17) is 17.3 Å². The summed E-state index contributed by atoms with van der Waals surface area (Å²) in [6, 6.07) is -0.453. The molecule has 0 bridgehead atoms. The van der Waals surface area contributed by atoms with E-state index >= 15 is 0 Å². The van der Waals surface area contributed by atoms with Gasteiger partial charge in [0.25, 0.3) is 0 Å². The normalized spacial score (nSPS) is 25.5. The van der Waals surface area contributed by atoms with Crippen molar-refractivity contribution in [3.63, 3.8) is 0 Å². The fourth-order valence-electron chi connectivity index (χ4n) is 1.93. The van der Waals surface area contributed by atoms with Gasteiger partial charge in [-0.3, -0.25) is 9.89 Å². The summed E-state index contributed by atoms with van der Waals surface area (Å²) < 4.78 is 0.351. The average Bonchev–Trinajstić information content (AvgIpc) is 2.64. The minimum atomic E-state index is -0.795. The van der Waals surface area contributed by atoms with E-state index in [1.807, 2.05) is 0 Å². The van der Waals surface area contributed by atoms with Gasteiger partial charge in [0.2, 0.25) is 4.77 Å². The van der Waals surface area contributed by atoms with E-state index < -0.39 is 12.0 Å². The minimum Gasteiger partial charge on any atom is -0.480 e. The summed E-state index contributed by atoms with van der Waals surface area (Å²) >= 11 is 4.81. The summed E-state index contributed by atoms with van der Waals surface area (Å²) in [6.45, 7) is 1.35. The van der Waals surface area contributed by atoms with Crippen LogP contribution in [0.4, 0.5) is 0 Å². The van der Waals surface area contributed by atoms with Gasteiger partial charge in [0.1, 0.15) is 6.04 Å². The van der Waals surface area contributed by atoms with Gasteiger partial charge in [0.15, 0.2) is 0 Å². The van der Waals surface area contributed by atoms with Gasteiger partial charge in [-0.2, -0.15) is 4.80 Å². The molecule has 0 amide bonds. The number of hydrogen-bond donors (Lipinski definition) is 3. The number of nitrogens with zero attached hydrogens (tertiary/aromatic N) is 3. The van der Waals surface area contributed by atoms with E-state index in [9.17, 15) is 4.79 Å². The molecular weight excluding hydrogens is 230 g/mol. The Bertz CT molecular complexity index is 428. The number of aliphatic carboxylic acids is 1. The van der Waals surface area contributed by atoms with E-state index in [1.54, 1.807) is 4.80 Å². The topological polar surface area (TPSA) is 95.8 Å². The molecule has 0 radical (unpaired) electrons. The molecule has 1 unspecified atom stereocenters. The monoisotopic (exact) mass is 243 g/mol. The van der Waals surface area contributed by atoms with E-state index in [2.05, 4.69) is 20.7 Å². The first-order valence-corrected chi connectivity index (χ1v) is 5.52. The molecule has 16 heavy (non-hydrogen) atoms. The second-order valence-electron chi connectivity index (χ2n) is 3.92. The molecule has 1 fully saturated rings. The van der Waals surface area contributed by atoms with Crippen molar-refractivity contribution >= 4 is 18.2 Å². The Labute approximate surface area is 96.8 Å². The van der Waals surface area contributed by atoms with Crippen LogP contribution in [0.1, 0.15) is 12.8 Å². The van der Waals surface area contributed by atoms with Crippen LogP contribution in [-0.4, -0.2) is 43.9 Å². The molecule has 88 valence electrons. The maximum atomic E-state index is 10.8. The standard InChI is InChI=1S/C8H13N5O2S/c14-7(15)6-3-5(1-2-9-6)4-13-11-8(16)10-12-13/h5-6,9H,1-4H2,(H,11,16)(H,14,15)/t5?,6-/m0/s1. The van der Waals surface area contributed by atoms with Gasteiger partial charge < -0.3 is 10.4 Å². The third-order valence-electron chi connectivity index (χ3n) is 2.71. The molecule has 0 spiro atoms. The molecule has 1 saturated heterocycles. The number of H-pyrrole nitrogens is 1. The largest absolute Gasteiger partial charge is 0.480 e. The highest BCUT2D eigenvalue weighted by Gasteiger charge is 2.26. The predicted molar refractivity (Wildman–Crippen MR) is 57.4 cm³/mol. The molecule has 1 aromatic rings. The second-order valence-corrected chi connectivity index (χ2v) is 4.31. The minimum absolute atomic E-state index is 0.287. The Morgan fingerprint density at radius 1 is 1.69 bits per heavy atom. The van der Waals surface area contributed by atoms with Crippen LogP contribution < -0.4 is 5.32 Å². The molecule has 2 rings (SSSR count). The summed E-state index contributed by atoms with van der Waals surface area (Å²) in [7, 11) is 0. The number of hydrogen-bond acceptors (Lipinski definition) is 5. The number of aromatic amines is 1. The smallest absolute Gasteiger partial charge is 0.320 e. The van der Waals surface area contributed by atoms with E-state index in [0.717, 1.165) is 13.0 Å². The molecule has 0 aliphatic carbocycles. The van der Waals surface area contributed by atoms with Crippen molar-refractivity contribution in [2.45, 2.75) is 25.4 Å². The lowest BCUT2D eigenvalue weighted by molar-refractivity contribution is -0.140. The molecule has 3 N–H and O–H groups in total. The highest BCUT2D eigenvalue weighted by Crippen LogP contribution is 2.17. The molecule has 1 aliphatic rings. The first-order chi connectivity index (χ1) is 7.65. The average molecular weight is 243 g/mol. The van der Waals surface area contributed by atoms with Crippen molar-refractivity contribution in [1.82, 2.24) is 25.5 Å². The summed E-state index contributed by atoms with van der Waals surface area (Å²) in [5.74, 6) is -0.508. The maximum absolute atomic E-state index is 10.8. The van der Waals surface area contributed by atoms with Crippen LogP contribution in [0.2, 0.25) is 0 Å². The van der Waals surface area contributed by atoms with E-state index in [1.165, 1.54) is 0 Å². The van der Waals surface area contributed by atoms with Crippen LogP contribution in [0.3, 0.4) is 0 Å². The van der Waals surface area contributed by atoms with Gasteiger partial charge in [-0.25, -0.2) is 0 Å². The summed E-state index contributed by atoms with van der Waals surface area (Å²) in [5, 5.41) is 22.2. The first kappa shape index (κ1) is 11.2. The molecule has 0 saturated carbocycles. The zero-order valence-corrected chi connectivity index (χ0v) is 9.40. The van der Waals surface area contributed by atoms with E-state index in [0.29, 0.717) is 17.7 Å². The Hall–Kier alpha value is -1.28. The van der Waals surface area contributed by atoms with Crippen molar-refractivity contribution < 1.29 is 9.90 Å². The molecule has 0 aromatic carbocycles. The third kappa shape index (κ3) is 2.64. The van der Waals surface area contributed by atoms with Gasteiger partial charge in [-0.15, -0.1) is 0 Å². The van der Waals surface area contributed by atoms with Crippen LogP contribution in [-0.2, 0) is 11.3 Å². The Morgan fingerprint density at radius 3 is 3.12 bits per heavy atom. The van der Waals surface area contributed by atoms with Gasteiger partial charge in [0, 0.05) is 0 Å². The molecule has 2 atom stereocenters. The highest BCUT2D eigenvalue weighted by atomic mass is 32.1. The van der Waals surface area contributed by atoms with Crippen LogP contribution in [0.15, 0.2) is 0 Å². The Balaban J connectivity index is 1.95. The summed E-state index contributed by atoms with van der Waals surface area (Å²) in [6.07, 6.45) is 1.54. The molecule has 7 nitrogen and oxygen atoms in total. The van der Waals surface area contributed by atoms with Crippen molar-refractivity contribution in [1.29, 1.82) is 0 Å². The number of carboxylic acids is 1. The van der Waals surface area contributed by atoms with Gasteiger partial charge in [-0.1, -0.05) is 5.10 Å². The Morgan fingerprint density at radius 2 is 2.50 bits per heavy atom. The van der Waals surface area contributed by atoms with Gasteiger partial charge in [-0.05, 0) is 42.7 Å². The fourth-order valence-corrected chi connectivity index (χ4v) is 2.07. The molecule has 8 heteroatoms. The number of piperidine rings is 1. The second kappa shape index (κ2) is 4.71. The highest BCUT2D eigenvalue weighted by molar-refractivity contribution is 7.71. The first-order valence-electron chi connectivity index (χ1n) is 5.11. The number of rotatable bonds is 3. The van der Waals surface area contributed by atoms with Crippen LogP contribution in [0.5, 0.6) is 0 Å². The number of aromatic nitrogens is 4. The number of tetrazole rings is 1. The van der Waals surface area contributed by atoms with Crippen LogP contribution in [0.25, 0.3) is 0 Å². The lowest BCUT2D eigenvalue weighted by Crippen LogP contribution is -2.44. The third-order valence-corrected chi connectivity index (χ3v) is 2.88. The number of carboxylic acid groups (broad SMARTS) is 1. The van der Waals surface area contributed by atoms with Crippen molar-refractivity contribution in [2.75, 3.05) is 6.54 Å². The summed E-state index contributed by atoms with van der Waals surface area (Å²) in [4.78, 5) is 12.4. The quantitative estimate of drug-likeness (QED) is 0.636. The lowest BCUT2D eigenvalue weighted by Gasteiger charge is -2.27. The van der Waals surface area contributed by atoms with Crippen molar-refractivity contribution in [3.8, 4) is 0 Å². The van der Waals surface area contributed by atoms with Crippen molar-refractivity contribution in [2.24, 2.45) is 5.92 Å². The maximum Gasteiger partial charge on any atom is 0.320 e. The zero-order chi connectivity index (χ0) is 11.5. The van der Waals surface area contributed by atoms with Crippen molar-refractivity contribution in [3.05, 3.63) is 4.77 Å². The zero-order valence-electron chi connectivity index (χ0n) is 8.59. The van der Waals surface area contributed by atoms with Crippen LogP contribution >= 0.6 is 12.2 Å². The van der Waals surface area contributed by atoms with E-state index in [-0.39, 0.29) is 5.92 Å². The fraction of sp³-hybridized carbons (Fsp3) is 0.750. The number of nitrogens with one attached hydrogen (secondary N) is 2. The molecule has 1 aromatic heterocycles. The molecular formula is C8H13N5O2S. The summed E-state index contributed by atoms with van der Waals surface area (Å²) in [5.41, 5.74) is 0. The number of carbonyl (C=O) groups is 1. The van der Waals surface area contributed by atoms with Gasteiger partial charge >= 0.3 is 5.97 Å². The SMILES string of the molecule is O=C(O)[C@@H]1CC(Cn2nnc(=S)[nH]2)CCN1. The predicted octanol–water partition coefficient (Wildman–Crippen LogP) is -0.212. The lowest BCUT2D eigenvalue weighted by atomic mass is 9.92. The van der Waals surface area contributed by atoms with Crippen LogP contribution in [0, 0.1) is 10.7 Å². The Kier molecular flexibility index (Phi) is 3.30. The molecule has 2 heterocycles. The van der Waals surface area contributed by atoms with Gasteiger partial charge in [0.05, 0.1) is 6.54 Å². The molecule has 1 aliphatic heterocycles.